The molecule has 0 amide bonds. The summed E-state index contributed by atoms with van der Waals surface area (Å²) in [4.78, 5) is 0. The Hall–Kier alpha value is -1.10. The van der Waals surface area contributed by atoms with Crippen LogP contribution in [0, 0.1) is 11.7 Å². The molecule has 0 aliphatic heterocycles. The van der Waals surface area contributed by atoms with E-state index in [-0.39, 0.29) is 5.56 Å². The lowest BCUT2D eigenvalue weighted by Gasteiger charge is -2.23. The van der Waals surface area contributed by atoms with E-state index >= 15 is 0 Å². The van der Waals surface area contributed by atoms with Crippen LogP contribution in [0.15, 0.2) is 18.2 Å². The Morgan fingerprint density at radius 3 is 2.33 bits per heavy atom. The predicted octanol–water partition coefficient (Wildman–Crippen LogP) is 5.32. The Kier molecular flexibility index (Phi) is 6.65. The van der Waals surface area contributed by atoms with Gasteiger partial charge < -0.3 is 5.32 Å². The van der Waals surface area contributed by atoms with E-state index in [1.54, 1.807) is 0 Å². The van der Waals surface area contributed by atoms with Gasteiger partial charge in [0.05, 0.1) is 5.56 Å². The average molecular weight is 305 g/mol. The topological polar surface area (TPSA) is 12.0 Å². The fourth-order valence-electron chi connectivity index (χ4n) is 2.27. The Labute approximate surface area is 123 Å². The SMILES string of the molecule is CCCNC(CCC(C)C)c1cc(F)ccc1C(F)(F)F. The molecule has 0 saturated heterocycles. The first-order valence-electron chi connectivity index (χ1n) is 7.35. The summed E-state index contributed by atoms with van der Waals surface area (Å²) < 4.78 is 52.8. The molecule has 0 saturated carbocycles. The van der Waals surface area contributed by atoms with E-state index in [4.69, 9.17) is 0 Å². The second-order valence-corrected chi connectivity index (χ2v) is 5.71. The zero-order chi connectivity index (χ0) is 16.0. The summed E-state index contributed by atoms with van der Waals surface area (Å²) in [6.07, 6.45) is -2.30. The summed E-state index contributed by atoms with van der Waals surface area (Å²) >= 11 is 0. The van der Waals surface area contributed by atoms with Gasteiger partial charge in [-0.3, -0.25) is 0 Å². The summed E-state index contributed by atoms with van der Waals surface area (Å²) in [6.45, 7) is 6.60. The van der Waals surface area contributed by atoms with Crippen LogP contribution in [-0.4, -0.2) is 6.54 Å². The first-order chi connectivity index (χ1) is 9.75. The van der Waals surface area contributed by atoms with Crippen molar-refractivity contribution in [2.24, 2.45) is 5.92 Å². The van der Waals surface area contributed by atoms with Crippen molar-refractivity contribution in [3.8, 4) is 0 Å². The monoisotopic (exact) mass is 305 g/mol. The first kappa shape index (κ1) is 18.0. The molecule has 120 valence electrons. The lowest BCUT2D eigenvalue weighted by Crippen LogP contribution is -2.25. The second-order valence-electron chi connectivity index (χ2n) is 5.71. The van der Waals surface area contributed by atoms with Gasteiger partial charge in [-0.2, -0.15) is 13.2 Å². The van der Waals surface area contributed by atoms with Crippen molar-refractivity contribution in [2.75, 3.05) is 6.54 Å². The Bertz CT molecular complexity index is 440. The zero-order valence-electron chi connectivity index (χ0n) is 12.7. The van der Waals surface area contributed by atoms with Crippen LogP contribution in [0.4, 0.5) is 17.6 Å². The number of halogens is 4. The largest absolute Gasteiger partial charge is 0.416 e. The number of hydrogen-bond donors (Lipinski definition) is 1. The highest BCUT2D eigenvalue weighted by Gasteiger charge is 2.35. The van der Waals surface area contributed by atoms with Crippen molar-refractivity contribution in [3.05, 3.63) is 35.1 Å². The molecule has 1 nitrogen and oxygen atoms in total. The van der Waals surface area contributed by atoms with Crippen LogP contribution in [0.25, 0.3) is 0 Å². The fourth-order valence-corrected chi connectivity index (χ4v) is 2.27. The van der Waals surface area contributed by atoms with Gasteiger partial charge in [-0.25, -0.2) is 4.39 Å². The minimum absolute atomic E-state index is 0.0107. The lowest BCUT2D eigenvalue weighted by molar-refractivity contribution is -0.138. The second kappa shape index (κ2) is 7.78. The summed E-state index contributed by atoms with van der Waals surface area (Å²) in [5.41, 5.74) is -0.738. The van der Waals surface area contributed by atoms with Gasteiger partial charge in [0.15, 0.2) is 0 Å². The van der Waals surface area contributed by atoms with E-state index in [2.05, 4.69) is 5.32 Å². The minimum Gasteiger partial charge on any atom is -0.310 e. The van der Waals surface area contributed by atoms with Crippen LogP contribution in [0.2, 0.25) is 0 Å². The van der Waals surface area contributed by atoms with Crippen LogP contribution in [0.5, 0.6) is 0 Å². The van der Waals surface area contributed by atoms with Gasteiger partial charge in [-0.05, 0) is 55.5 Å². The fraction of sp³-hybridized carbons (Fsp3) is 0.625. The third kappa shape index (κ3) is 5.65. The maximum Gasteiger partial charge on any atom is 0.416 e. The summed E-state index contributed by atoms with van der Waals surface area (Å²) in [5.74, 6) is -0.246. The molecule has 0 heterocycles. The van der Waals surface area contributed by atoms with Crippen LogP contribution in [0.1, 0.15) is 57.2 Å². The standard InChI is InChI=1S/C16H23F4N/c1-4-9-21-15(8-5-11(2)3)13-10-12(17)6-7-14(13)16(18,19)20/h6-7,10-11,15,21H,4-5,8-9H2,1-3H3. The highest BCUT2D eigenvalue weighted by atomic mass is 19.4. The molecule has 0 spiro atoms. The van der Waals surface area contributed by atoms with Gasteiger partial charge >= 0.3 is 6.18 Å². The molecule has 0 radical (unpaired) electrons. The third-order valence-corrected chi connectivity index (χ3v) is 3.37. The normalized spacial score (nSPS) is 13.7. The zero-order valence-corrected chi connectivity index (χ0v) is 12.7. The summed E-state index contributed by atoms with van der Waals surface area (Å²) in [7, 11) is 0. The number of benzene rings is 1. The predicted molar refractivity (Wildman–Crippen MR) is 76.5 cm³/mol. The molecule has 0 bridgehead atoms. The third-order valence-electron chi connectivity index (χ3n) is 3.37. The van der Waals surface area contributed by atoms with Crippen molar-refractivity contribution in [3.63, 3.8) is 0 Å². The molecule has 0 aromatic heterocycles. The van der Waals surface area contributed by atoms with E-state index in [9.17, 15) is 17.6 Å². The Morgan fingerprint density at radius 2 is 1.81 bits per heavy atom. The molecule has 1 aromatic rings. The van der Waals surface area contributed by atoms with E-state index in [1.807, 2.05) is 20.8 Å². The highest BCUT2D eigenvalue weighted by molar-refractivity contribution is 5.33. The summed E-state index contributed by atoms with van der Waals surface area (Å²) in [6, 6.07) is 2.24. The van der Waals surface area contributed by atoms with E-state index in [0.29, 0.717) is 18.9 Å². The number of nitrogens with one attached hydrogen (secondary N) is 1. The molecule has 1 unspecified atom stereocenters. The van der Waals surface area contributed by atoms with Gasteiger partial charge in [0, 0.05) is 6.04 Å². The van der Waals surface area contributed by atoms with Gasteiger partial charge in [-0.15, -0.1) is 0 Å². The van der Waals surface area contributed by atoms with Crippen LogP contribution >= 0.6 is 0 Å². The number of hydrogen-bond acceptors (Lipinski definition) is 1. The van der Waals surface area contributed by atoms with Crippen molar-refractivity contribution in [1.82, 2.24) is 5.32 Å². The van der Waals surface area contributed by atoms with Crippen LogP contribution < -0.4 is 5.32 Å². The van der Waals surface area contributed by atoms with Crippen molar-refractivity contribution in [2.45, 2.75) is 52.3 Å². The van der Waals surface area contributed by atoms with E-state index in [0.717, 1.165) is 31.0 Å². The number of rotatable bonds is 7. The molecule has 0 aliphatic carbocycles. The molecule has 1 rings (SSSR count). The molecule has 5 heteroatoms. The molecular formula is C16H23F4N. The minimum atomic E-state index is -4.47. The maximum atomic E-state index is 13.4. The average Bonchev–Trinajstić information content (AvgIpc) is 2.37. The lowest BCUT2D eigenvalue weighted by atomic mass is 9.93. The maximum absolute atomic E-state index is 13.4. The van der Waals surface area contributed by atoms with Crippen molar-refractivity contribution < 1.29 is 17.6 Å². The Balaban J connectivity index is 3.11. The molecule has 21 heavy (non-hydrogen) atoms. The van der Waals surface area contributed by atoms with Gasteiger partial charge in [0.1, 0.15) is 5.82 Å². The quantitative estimate of drug-likeness (QED) is 0.672. The molecule has 1 N–H and O–H groups in total. The molecular weight excluding hydrogens is 282 g/mol. The van der Waals surface area contributed by atoms with Crippen molar-refractivity contribution >= 4 is 0 Å². The van der Waals surface area contributed by atoms with E-state index in [1.165, 1.54) is 0 Å². The number of alkyl halides is 3. The smallest absolute Gasteiger partial charge is 0.310 e. The van der Waals surface area contributed by atoms with E-state index < -0.39 is 23.6 Å². The highest BCUT2D eigenvalue weighted by Crippen LogP contribution is 2.36. The van der Waals surface area contributed by atoms with Crippen LogP contribution in [-0.2, 0) is 6.18 Å². The van der Waals surface area contributed by atoms with Gasteiger partial charge in [-0.1, -0.05) is 20.8 Å². The summed E-state index contributed by atoms with van der Waals surface area (Å²) in [5, 5.41) is 3.11. The molecule has 1 aromatic carbocycles. The first-order valence-corrected chi connectivity index (χ1v) is 7.35. The molecule has 0 aliphatic rings. The van der Waals surface area contributed by atoms with Gasteiger partial charge in [0.25, 0.3) is 0 Å². The van der Waals surface area contributed by atoms with Crippen LogP contribution in [0.3, 0.4) is 0 Å². The molecule has 0 fully saturated rings. The van der Waals surface area contributed by atoms with Crippen molar-refractivity contribution in [1.29, 1.82) is 0 Å². The van der Waals surface area contributed by atoms with Gasteiger partial charge in [0.2, 0.25) is 0 Å². The molecule has 1 atom stereocenters. The Morgan fingerprint density at radius 1 is 1.14 bits per heavy atom.